The number of nitrogen functional groups attached to an aromatic ring is 1. The lowest BCUT2D eigenvalue weighted by Crippen LogP contribution is -2.31. The molecule has 0 radical (unpaired) electrons. The van der Waals surface area contributed by atoms with Gasteiger partial charge in [0.2, 0.25) is 5.91 Å². The number of nitrogens with zero attached hydrogens (tertiary/aromatic N) is 1. The first-order chi connectivity index (χ1) is 9.96. The van der Waals surface area contributed by atoms with Crippen LogP contribution in [0.25, 0.3) is 0 Å². The molecule has 0 aliphatic carbocycles. The van der Waals surface area contributed by atoms with Crippen LogP contribution in [0.4, 0.5) is 11.4 Å². The SMILES string of the molecule is CCC(C)CN(CC)CCC(=O)Nc1ccc(N)cc1Cl. The van der Waals surface area contributed by atoms with Gasteiger partial charge in [-0.05, 0) is 30.7 Å². The Bertz CT molecular complexity index is 465. The van der Waals surface area contributed by atoms with E-state index in [4.69, 9.17) is 17.3 Å². The predicted molar refractivity (Wildman–Crippen MR) is 90.7 cm³/mol. The molecule has 1 aromatic carbocycles. The van der Waals surface area contributed by atoms with Gasteiger partial charge in [-0.25, -0.2) is 0 Å². The van der Waals surface area contributed by atoms with Crippen molar-refractivity contribution in [3.05, 3.63) is 23.2 Å². The third kappa shape index (κ3) is 6.36. The fraction of sp³-hybridized carbons (Fsp3) is 0.562. The van der Waals surface area contributed by atoms with Crippen molar-refractivity contribution in [3.63, 3.8) is 0 Å². The second kappa shape index (κ2) is 8.90. The fourth-order valence-corrected chi connectivity index (χ4v) is 2.29. The van der Waals surface area contributed by atoms with Crippen molar-refractivity contribution in [1.82, 2.24) is 4.90 Å². The van der Waals surface area contributed by atoms with Gasteiger partial charge in [-0.15, -0.1) is 0 Å². The Labute approximate surface area is 132 Å². The first-order valence-electron chi connectivity index (χ1n) is 7.53. The number of nitrogens with two attached hydrogens (primary N) is 1. The number of hydrogen-bond acceptors (Lipinski definition) is 3. The van der Waals surface area contributed by atoms with E-state index in [1.54, 1.807) is 18.2 Å². The molecule has 0 aliphatic heterocycles. The van der Waals surface area contributed by atoms with Crippen LogP contribution in [0.1, 0.15) is 33.6 Å². The molecule has 0 fully saturated rings. The Morgan fingerprint density at radius 1 is 1.43 bits per heavy atom. The number of carbonyl (C=O) groups excluding carboxylic acids is 1. The Morgan fingerprint density at radius 2 is 2.14 bits per heavy atom. The van der Waals surface area contributed by atoms with Gasteiger partial charge >= 0.3 is 0 Å². The second-order valence-electron chi connectivity index (χ2n) is 5.44. The molecule has 5 heteroatoms. The van der Waals surface area contributed by atoms with Crippen molar-refractivity contribution in [2.75, 3.05) is 30.7 Å². The summed E-state index contributed by atoms with van der Waals surface area (Å²) in [6.07, 6.45) is 1.62. The van der Waals surface area contributed by atoms with Crippen LogP contribution in [-0.2, 0) is 4.79 Å². The summed E-state index contributed by atoms with van der Waals surface area (Å²) in [5.74, 6) is 0.629. The van der Waals surface area contributed by atoms with Crippen molar-refractivity contribution in [1.29, 1.82) is 0 Å². The lowest BCUT2D eigenvalue weighted by Gasteiger charge is -2.23. The quantitative estimate of drug-likeness (QED) is 0.721. The van der Waals surface area contributed by atoms with E-state index in [-0.39, 0.29) is 5.91 Å². The van der Waals surface area contributed by atoms with E-state index in [0.29, 0.717) is 28.7 Å². The topological polar surface area (TPSA) is 58.4 Å². The summed E-state index contributed by atoms with van der Waals surface area (Å²) >= 11 is 6.05. The zero-order chi connectivity index (χ0) is 15.8. The number of halogens is 1. The molecule has 4 nitrogen and oxygen atoms in total. The van der Waals surface area contributed by atoms with Crippen molar-refractivity contribution < 1.29 is 4.79 Å². The van der Waals surface area contributed by atoms with Gasteiger partial charge in [-0.1, -0.05) is 38.8 Å². The van der Waals surface area contributed by atoms with Crippen LogP contribution in [0.3, 0.4) is 0 Å². The highest BCUT2D eigenvalue weighted by molar-refractivity contribution is 6.34. The van der Waals surface area contributed by atoms with E-state index in [9.17, 15) is 4.79 Å². The van der Waals surface area contributed by atoms with Gasteiger partial charge < -0.3 is 16.0 Å². The molecule has 0 bridgehead atoms. The smallest absolute Gasteiger partial charge is 0.225 e. The number of hydrogen-bond donors (Lipinski definition) is 2. The first kappa shape index (κ1) is 17.8. The fourth-order valence-electron chi connectivity index (χ4n) is 2.05. The highest BCUT2D eigenvalue weighted by Crippen LogP contribution is 2.24. The molecule has 1 atom stereocenters. The van der Waals surface area contributed by atoms with Crippen LogP contribution in [0.2, 0.25) is 5.02 Å². The van der Waals surface area contributed by atoms with Crippen LogP contribution in [0.15, 0.2) is 18.2 Å². The van der Waals surface area contributed by atoms with Crippen LogP contribution < -0.4 is 11.1 Å². The van der Waals surface area contributed by atoms with E-state index >= 15 is 0 Å². The van der Waals surface area contributed by atoms with Gasteiger partial charge in [-0.2, -0.15) is 0 Å². The van der Waals surface area contributed by atoms with Crippen LogP contribution in [-0.4, -0.2) is 30.4 Å². The molecule has 0 saturated heterocycles. The average Bonchev–Trinajstić information content (AvgIpc) is 2.46. The van der Waals surface area contributed by atoms with Crippen molar-refractivity contribution in [3.8, 4) is 0 Å². The molecule has 0 heterocycles. The van der Waals surface area contributed by atoms with Crippen molar-refractivity contribution in [2.45, 2.75) is 33.6 Å². The molecule has 118 valence electrons. The monoisotopic (exact) mass is 311 g/mol. The van der Waals surface area contributed by atoms with Crippen LogP contribution in [0, 0.1) is 5.92 Å². The lowest BCUT2D eigenvalue weighted by atomic mass is 10.1. The highest BCUT2D eigenvalue weighted by atomic mass is 35.5. The standard InChI is InChI=1S/C16H26ClN3O/c1-4-12(3)11-20(5-2)9-8-16(21)19-15-7-6-13(18)10-14(15)17/h6-7,10,12H,4-5,8-9,11,18H2,1-3H3,(H,19,21). The van der Waals surface area contributed by atoms with Gasteiger partial charge in [-0.3, -0.25) is 4.79 Å². The molecular formula is C16H26ClN3O. The molecule has 0 spiro atoms. The summed E-state index contributed by atoms with van der Waals surface area (Å²) in [7, 11) is 0. The summed E-state index contributed by atoms with van der Waals surface area (Å²) in [5, 5.41) is 3.30. The molecule has 1 amide bonds. The largest absolute Gasteiger partial charge is 0.399 e. The van der Waals surface area contributed by atoms with Gasteiger partial charge in [0.1, 0.15) is 0 Å². The summed E-state index contributed by atoms with van der Waals surface area (Å²) in [4.78, 5) is 14.3. The van der Waals surface area contributed by atoms with E-state index < -0.39 is 0 Å². The van der Waals surface area contributed by atoms with E-state index in [2.05, 4.69) is 31.0 Å². The number of anilines is 2. The van der Waals surface area contributed by atoms with Gasteiger partial charge in [0, 0.05) is 25.2 Å². The summed E-state index contributed by atoms with van der Waals surface area (Å²) < 4.78 is 0. The zero-order valence-electron chi connectivity index (χ0n) is 13.2. The number of benzene rings is 1. The third-order valence-corrected chi connectivity index (χ3v) is 3.95. The number of amides is 1. The molecule has 1 rings (SSSR count). The molecule has 0 aromatic heterocycles. The second-order valence-corrected chi connectivity index (χ2v) is 5.85. The van der Waals surface area contributed by atoms with Crippen LogP contribution in [0.5, 0.6) is 0 Å². The maximum Gasteiger partial charge on any atom is 0.225 e. The number of rotatable bonds is 8. The minimum Gasteiger partial charge on any atom is -0.399 e. The maximum absolute atomic E-state index is 12.0. The van der Waals surface area contributed by atoms with Gasteiger partial charge in [0.15, 0.2) is 0 Å². The normalized spacial score (nSPS) is 12.4. The minimum absolute atomic E-state index is 0.0238. The molecular weight excluding hydrogens is 286 g/mol. The molecule has 21 heavy (non-hydrogen) atoms. The average molecular weight is 312 g/mol. The molecule has 0 saturated carbocycles. The van der Waals surface area contributed by atoms with E-state index in [1.807, 2.05) is 0 Å². The highest BCUT2D eigenvalue weighted by Gasteiger charge is 2.11. The Morgan fingerprint density at radius 3 is 2.71 bits per heavy atom. The summed E-state index contributed by atoms with van der Waals surface area (Å²) in [6.45, 7) is 9.30. The Balaban J connectivity index is 2.46. The summed E-state index contributed by atoms with van der Waals surface area (Å²) in [6, 6.07) is 5.09. The van der Waals surface area contributed by atoms with Crippen LogP contribution >= 0.6 is 11.6 Å². The lowest BCUT2D eigenvalue weighted by molar-refractivity contribution is -0.116. The number of carbonyl (C=O) groups is 1. The van der Waals surface area contributed by atoms with Gasteiger partial charge in [0.05, 0.1) is 10.7 Å². The predicted octanol–water partition coefficient (Wildman–Crippen LogP) is 3.62. The zero-order valence-corrected chi connectivity index (χ0v) is 13.9. The van der Waals surface area contributed by atoms with E-state index in [0.717, 1.165) is 26.1 Å². The maximum atomic E-state index is 12.0. The molecule has 0 aliphatic rings. The van der Waals surface area contributed by atoms with Gasteiger partial charge in [0.25, 0.3) is 0 Å². The van der Waals surface area contributed by atoms with Crippen molar-refractivity contribution in [2.24, 2.45) is 5.92 Å². The molecule has 3 N–H and O–H groups in total. The number of nitrogens with one attached hydrogen (secondary N) is 1. The summed E-state index contributed by atoms with van der Waals surface area (Å²) in [5.41, 5.74) is 6.83. The Kier molecular flexibility index (Phi) is 7.54. The third-order valence-electron chi connectivity index (χ3n) is 3.64. The van der Waals surface area contributed by atoms with E-state index in [1.165, 1.54) is 0 Å². The van der Waals surface area contributed by atoms with Crippen molar-refractivity contribution >= 4 is 28.9 Å². The Hall–Kier alpha value is -1.26. The minimum atomic E-state index is -0.0238. The molecule has 1 unspecified atom stereocenters. The first-order valence-corrected chi connectivity index (χ1v) is 7.91. The molecule has 1 aromatic rings.